The Morgan fingerprint density at radius 2 is 2.13 bits per heavy atom. The fourth-order valence-corrected chi connectivity index (χ4v) is 1.18. The fourth-order valence-electron chi connectivity index (χ4n) is 1.18. The zero-order valence-corrected chi connectivity index (χ0v) is 9.29. The molecule has 0 aliphatic carbocycles. The Morgan fingerprint density at radius 3 is 2.67 bits per heavy atom. The minimum atomic E-state index is 0.746. The third-order valence-corrected chi connectivity index (χ3v) is 1.91. The molecular formula is C14H16O. The molecule has 0 saturated heterocycles. The molecule has 0 heterocycles. The van der Waals surface area contributed by atoms with E-state index in [1.807, 2.05) is 44.2 Å². The normalized spacial score (nSPS) is 10.9. The maximum atomic E-state index is 5.69. The lowest BCUT2D eigenvalue weighted by atomic mass is 10.2. The molecule has 0 aromatic heterocycles. The van der Waals surface area contributed by atoms with Crippen LogP contribution in [0.3, 0.4) is 0 Å². The Kier molecular flexibility index (Phi) is 3.92. The first-order valence-electron chi connectivity index (χ1n) is 4.86. The van der Waals surface area contributed by atoms with Gasteiger partial charge >= 0.3 is 0 Å². The first kappa shape index (κ1) is 11.3. The summed E-state index contributed by atoms with van der Waals surface area (Å²) in [6.45, 7) is 11.4. The average Bonchev–Trinajstić information content (AvgIpc) is 2.17. The summed E-state index contributed by atoms with van der Waals surface area (Å²) in [4.78, 5) is 0. The highest BCUT2D eigenvalue weighted by Gasteiger charge is 2.00. The summed E-state index contributed by atoms with van der Waals surface area (Å²) in [5.74, 6) is 1.57. The van der Waals surface area contributed by atoms with Crippen LogP contribution in [0.4, 0.5) is 0 Å². The van der Waals surface area contributed by atoms with Crippen molar-refractivity contribution in [3.63, 3.8) is 0 Å². The maximum Gasteiger partial charge on any atom is 0.129 e. The summed E-state index contributed by atoms with van der Waals surface area (Å²) < 4.78 is 5.69. The van der Waals surface area contributed by atoms with E-state index in [1.54, 1.807) is 6.08 Å². The van der Waals surface area contributed by atoms with E-state index in [0.717, 1.165) is 17.1 Å². The van der Waals surface area contributed by atoms with Crippen molar-refractivity contribution in [2.75, 3.05) is 0 Å². The van der Waals surface area contributed by atoms with Crippen molar-refractivity contribution in [3.05, 3.63) is 66.5 Å². The molecule has 0 unspecified atom stereocenters. The summed E-state index contributed by atoms with van der Waals surface area (Å²) in [6, 6.07) is 7.91. The monoisotopic (exact) mass is 200 g/mol. The van der Waals surface area contributed by atoms with Crippen molar-refractivity contribution in [1.29, 1.82) is 0 Å². The smallest absolute Gasteiger partial charge is 0.129 e. The van der Waals surface area contributed by atoms with Crippen LogP contribution in [0.5, 0.6) is 5.75 Å². The van der Waals surface area contributed by atoms with Crippen molar-refractivity contribution in [1.82, 2.24) is 0 Å². The predicted molar refractivity (Wildman–Crippen MR) is 64.9 cm³/mol. The van der Waals surface area contributed by atoms with Crippen molar-refractivity contribution in [2.24, 2.45) is 0 Å². The minimum absolute atomic E-state index is 0.746. The molecule has 0 aliphatic heterocycles. The summed E-state index contributed by atoms with van der Waals surface area (Å²) in [6.07, 6.45) is 3.50. The van der Waals surface area contributed by atoms with Crippen LogP contribution < -0.4 is 4.74 Å². The van der Waals surface area contributed by atoms with Gasteiger partial charge in [0.15, 0.2) is 0 Å². The van der Waals surface area contributed by atoms with E-state index in [4.69, 9.17) is 4.74 Å². The Bertz CT molecular complexity index is 400. The van der Waals surface area contributed by atoms with Crippen LogP contribution in [0, 0.1) is 6.92 Å². The molecule has 1 heteroatoms. The Hall–Kier alpha value is -1.76. The van der Waals surface area contributed by atoms with Crippen molar-refractivity contribution in [3.8, 4) is 5.75 Å². The lowest BCUT2D eigenvalue weighted by Gasteiger charge is -2.09. The lowest BCUT2D eigenvalue weighted by Crippen LogP contribution is -1.95. The Morgan fingerprint density at radius 1 is 1.40 bits per heavy atom. The second-order valence-electron chi connectivity index (χ2n) is 3.47. The SMILES string of the molecule is C=C/C=C(/Oc1cccc(C)c1)C(=C)C. The van der Waals surface area contributed by atoms with E-state index in [2.05, 4.69) is 13.2 Å². The number of rotatable bonds is 4. The number of ether oxygens (including phenoxy) is 1. The second kappa shape index (κ2) is 5.20. The van der Waals surface area contributed by atoms with Crippen LogP contribution in [0.2, 0.25) is 0 Å². The third kappa shape index (κ3) is 3.47. The maximum absolute atomic E-state index is 5.69. The van der Waals surface area contributed by atoms with E-state index in [-0.39, 0.29) is 0 Å². The van der Waals surface area contributed by atoms with Crippen molar-refractivity contribution >= 4 is 0 Å². The molecule has 1 nitrogen and oxygen atoms in total. The molecule has 0 saturated carbocycles. The zero-order chi connectivity index (χ0) is 11.3. The number of hydrogen-bond acceptors (Lipinski definition) is 1. The highest BCUT2D eigenvalue weighted by Crippen LogP contribution is 2.18. The van der Waals surface area contributed by atoms with Crippen LogP contribution in [0.15, 0.2) is 60.9 Å². The summed E-state index contributed by atoms with van der Waals surface area (Å²) in [7, 11) is 0. The summed E-state index contributed by atoms with van der Waals surface area (Å²) >= 11 is 0. The Balaban J connectivity index is 2.88. The highest BCUT2D eigenvalue weighted by molar-refractivity contribution is 5.33. The molecule has 0 N–H and O–H groups in total. The van der Waals surface area contributed by atoms with Gasteiger partial charge in [0.1, 0.15) is 11.5 Å². The molecule has 1 rings (SSSR count). The second-order valence-corrected chi connectivity index (χ2v) is 3.47. The van der Waals surface area contributed by atoms with Gasteiger partial charge in [-0.1, -0.05) is 31.4 Å². The quantitative estimate of drug-likeness (QED) is 0.527. The van der Waals surface area contributed by atoms with Crippen LogP contribution >= 0.6 is 0 Å². The molecule has 0 atom stereocenters. The molecule has 78 valence electrons. The number of aryl methyl sites for hydroxylation is 1. The Labute approximate surface area is 91.4 Å². The fraction of sp³-hybridized carbons (Fsp3) is 0.143. The summed E-state index contributed by atoms with van der Waals surface area (Å²) in [5.41, 5.74) is 2.06. The molecule has 0 spiro atoms. The van der Waals surface area contributed by atoms with Crippen LogP contribution in [0.1, 0.15) is 12.5 Å². The minimum Gasteiger partial charge on any atom is -0.457 e. The van der Waals surface area contributed by atoms with Gasteiger partial charge in [0.2, 0.25) is 0 Å². The summed E-state index contributed by atoms with van der Waals surface area (Å²) in [5, 5.41) is 0. The van der Waals surface area contributed by atoms with E-state index in [0.29, 0.717) is 0 Å². The molecule has 0 radical (unpaired) electrons. The number of allylic oxidation sites excluding steroid dienone is 3. The molecule has 1 aromatic rings. The average molecular weight is 200 g/mol. The van der Waals surface area contributed by atoms with Crippen molar-refractivity contribution < 1.29 is 4.74 Å². The molecular weight excluding hydrogens is 184 g/mol. The van der Waals surface area contributed by atoms with Crippen LogP contribution in [0.25, 0.3) is 0 Å². The van der Waals surface area contributed by atoms with Gasteiger partial charge in [0.05, 0.1) is 0 Å². The van der Waals surface area contributed by atoms with Gasteiger partial charge in [0, 0.05) is 0 Å². The van der Waals surface area contributed by atoms with E-state index < -0.39 is 0 Å². The van der Waals surface area contributed by atoms with Gasteiger partial charge in [-0.05, 0) is 43.2 Å². The molecule has 0 fully saturated rings. The molecule has 0 bridgehead atoms. The van der Waals surface area contributed by atoms with Crippen LogP contribution in [-0.4, -0.2) is 0 Å². The standard InChI is InChI=1S/C14H16O/c1-5-7-14(11(2)3)15-13-9-6-8-12(4)10-13/h5-10H,1-2H2,3-4H3/b14-7+. The molecule has 1 aromatic carbocycles. The van der Waals surface area contributed by atoms with E-state index >= 15 is 0 Å². The number of hydrogen-bond donors (Lipinski definition) is 0. The first-order valence-corrected chi connectivity index (χ1v) is 4.86. The largest absolute Gasteiger partial charge is 0.457 e. The van der Waals surface area contributed by atoms with Gasteiger partial charge in [-0.3, -0.25) is 0 Å². The van der Waals surface area contributed by atoms with Gasteiger partial charge in [0.25, 0.3) is 0 Å². The predicted octanol–water partition coefficient (Wildman–Crippen LogP) is 4.02. The first-order chi connectivity index (χ1) is 7.13. The lowest BCUT2D eigenvalue weighted by molar-refractivity contribution is 0.436. The molecule has 0 aliphatic rings. The molecule has 0 amide bonds. The van der Waals surface area contributed by atoms with E-state index in [1.165, 1.54) is 5.56 Å². The van der Waals surface area contributed by atoms with Gasteiger partial charge in [-0.2, -0.15) is 0 Å². The van der Waals surface area contributed by atoms with E-state index in [9.17, 15) is 0 Å². The third-order valence-electron chi connectivity index (χ3n) is 1.91. The van der Waals surface area contributed by atoms with Crippen molar-refractivity contribution in [2.45, 2.75) is 13.8 Å². The number of benzene rings is 1. The topological polar surface area (TPSA) is 9.23 Å². The van der Waals surface area contributed by atoms with Gasteiger partial charge in [-0.15, -0.1) is 0 Å². The van der Waals surface area contributed by atoms with Gasteiger partial charge < -0.3 is 4.74 Å². The zero-order valence-electron chi connectivity index (χ0n) is 9.29. The molecule has 15 heavy (non-hydrogen) atoms. The van der Waals surface area contributed by atoms with Gasteiger partial charge in [-0.25, -0.2) is 0 Å². The van der Waals surface area contributed by atoms with Crippen LogP contribution in [-0.2, 0) is 0 Å². The highest BCUT2D eigenvalue weighted by atomic mass is 16.5.